The molecule has 0 aliphatic carbocycles. The van der Waals surface area contributed by atoms with Crippen molar-refractivity contribution in [2.75, 3.05) is 34.3 Å². The van der Waals surface area contributed by atoms with Crippen LogP contribution in [0.3, 0.4) is 0 Å². The SMILES string of the molecule is C#C.C=CNC.CC.CC.CCOC=O.CN(C)CCC(c1ccccc1)c1ccccc1.Cc1ccccc1. The number of nitrogens with zero attached hydrogens (tertiary/aromatic N) is 1. The van der Waals surface area contributed by atoms with Gasteiger partial charge in [-0.1, -0.05) is 131 Å². The molecular formula is C36H56N2O2. The quantitative estimate of drug-likeness (QED) is 0.226. The Kier molecular flexibility index (Phi) is 40.4. The lowest BCUT2D eigenvalue weighted by atomic mass is 9.88. The Morgan fingerprint density at radius 3 is 1.38 bits per heavy atom. The van der Waals surface area contributed by atoms with Crippen molar-refractivity contribution < 1.29 is 9.53 Å². The van der Waals surface area contributed by atoms with Crippen molar-refractivity contribution in [3.8, 4) is 12.8 Å². The van der Waals surface area contributed by atoms with E-state index < -0.39 is 0 Å². The highest BCUT2D eigenvalue weighted by Crippen LogP contribution is 2.27. The zero-order chi connectivity index (χ0) is 31.4. The smallest absolute Gasteiger partial charge is 0.293 e. The van der Waals surface area contributed by atoms with E-state index in [0.29, 0.717) is 19.0 Å². The van der Waals surface area contributed by atoms with Gasteiger partial charge in [-0.05, 0) is 58.2 Å². The molecule has 0 aromatic heterocycles. The molecule has 0 aliphatic rings. The van der Waals surface area contributed by atoms with E-state index >= 15 is 0 Å². The molecule has 3 rings (SSSR count). The second kappa shape index (κ2) is 37.3. The first-order valence-corrected chi connectivity index (χ1v) is 13.9. The minimum atomic E-state index is 0.431. The zero-order valence-corrected chi connectivity index (χ0v) is 26.6. The van der Waals surface area contributed by atoms with Gasteiger partial charge in [-0.25, -0.2) is 0 Å². The molecule has 4 heteroatoms. The lowest BCUT2D eigenvalue weighted by molar-refractivity contribution is -0.128. The van der Waals surface area contributed by atoms with E-state index in [1.807, 2.05) is 52.9 Å². The highest BCUT2D eigenvalue weighted by molar-refractivity contribution is 5.36. The molecule has 0 unspecified atom stereocenters. The number of aryl methyl sites for hydroxylation is 1. The standard InChI is InChI=1S/C17H21N.C7H8.C3H7N.C3H6O2.2C2H6.C2H2/c1-18(2)14-13-17(15-9-5-3-6-10-15)16-11-7-4-8-12-16;1-7-5-3-2-4-6-7;1-3-4-2;1-2-5-3-4;3*1-2/h3-12,17H,13-14H2,1-2H3;2-6H,1H3;3-4H,1H2,2H3;3H,2H2,1H3;2*1-2H3;1-2H. The largest absolute Gasteiger partial charge is 0.468 e. The Labute approximate surface area is 247 Å². The van der Waals surface area contributed by atoms with E-state index in [0.717, 1.165) is 13.0 Å². The fourth-order valence-electron chi connectivity index (χ4n) is 2.89. The van der Waals surface area contributed by atoms with Gasteiger partial charge >= 0.3 is 0 Å². The minimum absolute atomic E-state index is 0.431. The summed E-state index contributed by atoms with van der Waals surface area (Å²) in [6, 6.07) is 31.8. The minimum Gasteiger partial charge on any atom is -0.468 e. The van der Waals surface area contributed by atoms with Crippen molar-refractivity contribution >= 4 is 6.47 Å². The first-order chi connectivity index (χ1) is 19.5. The molecule has 222 valence electrons. The van der Waals surface area contributed by atoms with Crippen LogP contribution in [0.15, 0.2) is 104 Å². The topological polar surface area (TPSA) is 41.6 Å². The average Bonchev–Trinajstić information content (AvgIpc) is 3.03. The monoisotopic (exact) mass is 548 g/mol. The average molecular weight is 549 g/mol. The summed E-state index contributed by atoms with van der Waals surface area (Å²) in [6.45, 7) is 17.2. The van der Waals surface area contributed by atoms with E-state index in [-0.39, 0.29) is 0 Å². The molecule has 3 aromatic carbocycles. The Morgan fingerprint density at radius 2 is 1.18 bits per heavy atom. The molecule has 0 heterocycles. The van der Waals surface area contributed by atoms with Crippen molar-refractivity contribution in [1.82, 2.24) is 10.2 Å². The molecule has 0 bridgehead atoms. The molecule has 3 aromatic rings. The second-order valence-electron chi connectivity index (χ2n) is 7.66. The lowest BCUT2D eigenvalue weighted by Gasteiger charge is -2.20. The van der Waals surface area contributed by atoms with Crippen LogP contribution in [-0.2, 0) is 9.53 Å². The van der Waals surface area contributed by atoms with Gasteiger partial charge in [0.15, 0.2) is 0 Å². The van der Waals surface area contributed by atoms with E-state index in [4.69, 9.17) is 0 Å². The third kappa shape index (κ3) is 28.8. The van der Waals surface area contributed by atoms with Crippen molar-refractivity contribution in [3.63, 3.8) is 0 Å². The lowest BCUT2D eigenvalue weighted by Crippen LogP contribution is -2.16. The van der Waals surface area contributed by atoms with E-state index in [1.54, 1.807) is 13.1 Å². The highest BCUT2D eigenvalue weighted by atomic mass is 16.5. The molecular weight excluding hydrogens is 492 g/mol. The van der Waals surface area contributed by atoms with Crippen molar-refractivity contribution in [2.45, 2.75) is 53.9 Å². The summed E-state index contributed by atoms with van der Waals surface area (Å²) in [5.41, 5.74) is 4.14. The zero-order valence-electron chi connectivity index (χ0n) is 26.6. The molecule has 1 N–H and O–H groups in total. The van der Waals surface area contributed by atoms with Crippen molar-refractivity contribution in [3.05, 3.63) is 120 Å². The fourth-order valence-corrected chi connectivity index (χ4v) is 2.89. The first kappa shape index (κ1) is 43.2. The summed E-state index contributed by atoms with van der Waals surface area (Å²) in [5, 5.41) is 2.69. The van der Waals surface area contributed by atoms with Crippen LogP contribution in [0.2, 0.25) is 0 Å². The van der Waals surface area contributed by atoms with Gasteiger partial charge in [-0.3, -0.25) is 4.79 Å². The fraction of sp³-hybridized carbons (Fsp3) is 0.361. The molecule has 0 saturated carbocycles. The van der Waals surface area contributed by atoms with Gasteiger partial charge in [-0.2, -0.15) is 0 Å². The van der Waals surface area contributed by atoms with Crippen LogP contribution in [0, 0.1) is 19.8 Å². The Morgan fingerprint density at radius 1 is 0.825 bits per heavy atom. The van der Waals surface area contributed by atoms with Crippen LogP contribution >= 0.6 is 0 Å². The maximum atomic E-state index is 9.18. The Balaban J connectivity index is -0.000000243. The van der Waals surface area contributed by atoms with Gasteiger partial charge in [0, 0.05) is 13.0 Å². The van der Waals surface area contributed by atoms with Gasteiger partial charge in [0.2, 0.25) is 0 Å². The summed E-state index contributed by atoms with van der Waals surface area (Å²) in [6.07, 6.45) is 10.8. The number of carbonyl (C=O) groups is 1. The number of rotatable bonds is 8. The molecule has 0 saturated heterocycles. The van der Waals surface area contributed by atoms with Gasteiger partial charge in [0.1, 0.15) is 0 Å². The number of carbonyl (C=O) groups excluding carboxylic acids is 1. The van der Waals surface area contributed by atoms with Gasteiger partial charge in [0.05, 0.1) is 6.61 Å². The summed E-state index contributed by atoms with van der Waals surface area (Å²) in [5.74, 6) is 0.495. The van der Waals surface area contributed by atoms with Crippen molar-refractivity contribution in [1.29, 1.82) is 0 Å². The number of nitrogens with one attached hydrogen (secondary N) is 1. The third-order valence-corrected chi connectivity index (χ3v) is 4.65. The normalized spacial score (nSPS) is 8.22. The predicted octanol–water partition coefficient (Wildman–Crippen LogP) is 8.60. The first-order valence-electron chi connectivity index (χ1n) is 13.9. The van der Waals surface area contributed by atoms with Crippen LogP contribution in [-0.4, -0.2) is 45.7 Å². The summed E-state index contributed by atoms with van der Waals surface area (Å²) in [7, 11) is 6.08. The molecule has 0 fully saturated rings. The maximum Gasteiger partial charge on any atom is 0.293 e. The molecule has 0 aliphatic heterocycles. The van der Waals surface area contributed by atoms with Crippen LogP contribution in [0.1, 0.15) is 63.6 Å². The molecule has 40 heavy (non-hydrogen) atoms. The van der Waals surface area contributed by atoms with Crippen LogP contribution in [0.25, 0.3) is 0 Å². The molecule has 0 radical (unpaired) electrons. The number of ether oxygens (including phenoxy) is 1. The molecule has 4 nitrogen and oxygen atoms in total. The van der Waals surface area contributed by atoms with Gasteiger partial charge in [0.25, 0.3) is 6.47 Å². The summed E-state index contributed by atoms with van der Waals surface area (Å²) < 4.78 is 4.15. The van der Waals surface area contributed by atoms with Gasteiger partial charge < -0.3 is 15.0 Å². The van der Waals surface area contributed by atoms with E-state index in [1.165, 1.54) is 16.7 Å². The van der Waals surface area contributed by atoms with Crippen LogP contribution in [0.5, 0.6) is 0 Å². The maximum absolute atomic E-state index is 9.18. The summed E-state index contributed by atoms with van der Waals surface area (Å²) in [4.78, 5) is 11.4. The molecule has 0 amide bonds. The van der Waals surface area contributed by atoms with Crippen LogP contribution < -0.4 is 5.32 Å². The molecule has 0 atom stereocenters. The third-order valence-electron chi connectivity index (χ3n) is 4.65. The number of hydrogen-bond donors (Lipinski definition) is 1. The van der Waals surface area contributed by atoms with Gasteiger partial charge in [-0.15, -0.1) is 12.8 Å². The number of terminal acetylenes is 1. The predicted molar refractivity (Wildman–Crippen MR) is 179 cm³/mol. The number of benzene rings is 3. The Hall–Kier alpha value is -3.81. The highest BCUT2D eigenvalue weighted by Gasteiger charge is 2.13. The molecule has 0 spiro atoms. The summed E-state index contributed by atoms with van der Waals surface area (Å²) >= 11 is 0. The van der Waals surface area contributed by atoms with E-state index in [9.17, 15) is 4.79 Å². The second-order valence-corrected chi connectivity index (χ2v) is 7.66. The van der Waals surface area contributed by atoms with Crippen LogP contribution in [0.4, 0.5) is 0 Å². The van der Waals surface area contributed by atoms with Crippen molar-refractivity contribution in [2.24, 2.45) is 0 Å². The number of hydrogen-bond acceptors (Lipinski definition) is 4. The Bertz CT molecular complexity index is 840. The van der Waals surface area contributed by atoms with E-state index in [2.05, 4.69) is 128 Å².